The molecule has 0 saturated carbocycles. The number of halogens is 1. The van der Waals surface area contributed by atoms with Crippen LogP contribution in [0.3, 0.4) is 0 Å². The summed E-state index contributed by atoms with van der Waals surface area (Å²) in [6, 6.07) is 22.9. The number of hydrogen-bond donors (Lipinski definition) is 0. The number of hydrogen-bond acceptors (Lipinski definition) is 9. The van der Waals surface area contributed by atoms with Gasteiger partial charge in [-0.1, -0.05) is 53.8 Å². The summed E-state index contributed by atoms with van der Waals surface area (Å²) in [5.74, 6) is 1.74. The van der Waals surface area contributed by atoms with Crippen LogP contribution in [-0.4, -0.2) is 37.5 Å². The number of esters is 1. The average Bonchev–Trinajstić information content (AvgIpc) is 3.42. The molecule has 0 saturated heterocycles. The molecule has 49 heavy (non-hydrogen) atoms. The van der Waals surface area contributed by atoms with Gasteiger partial charge in [-0.2, -0.15) is 0 Å². The number of nitrogens with zero attached hydrogens (tertiary/aromatic N) is 2. The molecule has 11 heteroatoms. The Morgan fingerprint density at radius 3 is 2.37 bits per heavy atom. The van der Waals surface area contributed by atoms with Crippen molar-refractivity contribution < 1.29 is 28.5 Å². The maximum atomic E-state index is 14.1. The molecule has 1 atom stereocenters. The van der Waals surface area contributed by atoms with E-state index in [1.54, 1.807) is 12.1 Å². The lowest BCUT2D eigenvalue weighted by molar-refractivity contribution is -0.136. The summed E-state index contributed by atoms with van der Waals surface area (Å²) in [5.41, 5.74) is 2.41. The van der Waals surface area contributed by atoms with E-state index in [0.717, 1.165) is 20.1 Å². The lowest BCUT2D eigenvalue weighted by atomic mass is 9.97. The number of rotatable bonds is 12. The predicted molar refractivity (Wildman–Crippen MR) is 199 cm³/mol. The first-order valence-corrected chi connectivity index (χ1v) is 17.8. The zero-order valence-corrected chi connectivity index (χ0v) is 30.5. The first-order valence-electron chi connectivity index (χ1n) is 15.9. The molecule has 252 valence electrons. The van der Waals surface area contributed by atoms with Gasteiger partial charge in [-0.05, 0) is 107 Å². The van der Waals surface area contributed by atoms with Gasteiger partial charge in [0, 0.05) is 6.20 Å². The molecular formula is C38H35IN2O7S. The number of thiazole rings is 1. The zero-order valence-electron chi connectivity index (χ0n) is 27.5. The van der Waals surface area contributed by atoms with E-state index in [4.69, 9.17) is 23.7 Å². The van der Waals surface area contributed by atoms with E-state index in [2.05, 4.69) is 57.9 Å². The Balaban J connectivity index is 1.38. The second-order valence-corrected chi connectivity index (χ2v) is 13.2. The van der Waals surface area contributed by atoms with Crippen molar-refractivity contribution in [1.29, 1.82) is 0 Å². The van der Waals surface area contributed by atoms with Crippen LogP contribution in [0, 0.1) is 3.57 Å². The normalized spacial score (nSPS) is 14.1. The van der Waals surface area contributed by atoms with E-state index in [1.165, 1.54) is 34.6 Å². The number of ether oxygens (including phenoxy) is 5. The highest BCUT2D eigenvalue weighted by Gasteiger charge is 2.31. The maximum Gasteiger partial charge on any atom is 0.337 e. The minimum Gasteiger partial charge on any atom is -0.490 e. The quantitative estimate of drug-likeness (QED) is 0.105. The number of aromatic nitrogens is 1. The van der Waals surface area contributed by atoms with Gasteiger partial charge in [0.25, 0.3) is 5.56 Å². The molecule has 0 radical (unpaired) electrons. The van der Waals surface area contributed by atoms with Crippen molar-refractivity contribution >= 4 is 56.7 Å². The molecule has 0 bridgehead atoms. The lowest BCUT2D eigenvalue weighted by Crippen LogP contribution is -2.39. The molecule has 0 fully saturated rings. The Morgan fingerprint density at radius 2 is 1.61 bits per heavy atom. The highest BCUT2D eigenvalue weighted by Crippen LogP contribution is 2.37. The van der Waals surface area contributed by atoms with Gasteiger partial charge < -0.3 is 23.7 Å². The van der Waals surface area contributed by atoms with Crippen LogP contribution in [0.1, 0.15) is 43.5 Å². The number of fused-ring (bicyclic) bond motifs is 2. The third-order valence-corrected chi connectivity index (χ3v) is 9.63. The summed E-state index contributed by atoms with van der Waals surface area (Å²) < 4.78 is 31.9. The van der Waals surface area contributed by atoms with Gasteiger partial charge in [0.05, 0.1) is 46.6 Å². The van der Waals surface area contributed by atoms with Gasteiger partial charge >= 0.3 is 5.97 Å². The molecule has 9 nitrogen and oxygen atoms in total. The molecule has 1 aromatic heterocycles. The summed E-state index contributed by atoms with van der Waals surface area (Å²) in [6.45, 7) is 7.39. The van der Waals surface area contributed by atoms with E-state index >= 15 is 0 Å². The molecule has 1 aliphatic heterocycles. The minimum atomic E-state index is -0.786. The Morgan fingerprint density at radius 1 is 0.878 bits per heavy atom. The summed E-state index contributed by atoms with van der Waals surface area (Å²) >= 11 is 3.48. The number of benzene rings is 4. The van der Waals surface area contributed by atoms with Crippen molar-refractivity contribution in [3.63, 3.8) is 0 Å². The number of methoxy groups -OCH3 is 1. The third-order valence-electron chi connectivity index (χ3n) is 7.83. The van der Waals surface area contributed by atoms with Crippen LogP contribution in [0.2, 0.25) is 0 Å². The molecule has 2 heterocycles. The molecular weight excluding hydrogens is 755 g/mol. The fourth-order valence-corrected chi connectivity index (χ4v) is 7.45. The van der Waals surface area contributed by atoms with Gasteiger partial charge in [0.1, 0.15) is 6.61 Å². The fraction of sp³-hybridized carbons (Fsp3) is 0.237. The van der Waals surface area contributed by atoms with Crippen LogP contribution in [0.25, 0.3) is 16.8 Å². The van der Waals surface area contributed by atoms with E-state index in [1.807, 2.05) is 57.2 Å². The van der Waals surface area contributed by atoms with Gasteiger partial charge in [-0.15, -0.1) is 0 Å². The average molecular weight is 791 g/mol. The summed E-state index contributed by atoms with van der Waals surface area (Å²) in [6.07, 6.45) is 3.28. The SMILES string of the molecule is CCOc1ccc([C@@H]2C(C(=O)OC)=CN=c3s/c(=C\c4cc(I)c(OCc5ccc6ccccc6c5)c(OCC)c4)c(=O)n32)cc1OCC. The first-order chi connectivity index (χ1) is 23.8. The molecule has 0 N–H and O–H groups in total. The Labute approximate surface area is 301 Å². The van der Waals surface area contributed by atoms with Gasteiger partial charge in [-0.3, -0.25) is 9.36 Å². The van der Waals surface area contributed by atoms with Gasteiger partial charge in [0.2, 0.25) is 0 Å². The largest absolute Gasteiger partial charge is 0.490 e. The van der Waals surface area contributed by atoms with Crippen molar-refractivity contribution in [1.82, 2.24) is 4.57 Å². The summed E-state index contributed by atoms with van der Waals surface area (Å²) in [4.78, 5) is 32.1. The van der Waals surface area contributed by atoms with Crippen LogP contribution >= 0.6 is 33.9 Å². The monoisotopic (exact) mass is 790 g/mol. The highest BCUT2D eigenvalue weighted by atomic mass is 127. The van der Waals surface area contributed by atoms with Crippen molar-refractivity contribution in [3.8, 4) is 23.0 Å². The van der Waals surface area contributed by atoms with Crippen LogP contribution in [-0.2, 0) is 16.1 Å². The van der Waals surface area contributed by atoms with E-state index in [-0.39, 0.29) is 11.1 Å². The van der Waals surface area contributed by atoms with Crippen molar-refractivity contribution in [3.05, 3.63) is 125 Å². The molecule has 0 unspecified atom stereocenters. The van der Waals surface area contributed by atoms with Crippen LogP contribution < -0.4 is 33.8 Å². The van der Waals surface area contributed by atoms with E-state index in [0.29, 0.717) is 64.3 Å². The van der Waals surface area contributed by atoms with Crippen molar-refractivity contribution in [2.24, 2.45) is 4.99 Å². The molecule has 6 rings (SSSR count). The summed E-state index contributed by atoms with van der Waals surface area (Å²) in [5, 5.41) is 2.33. The molecule has 0 aliphatic carbocycles. The van der Waals surface area contributed by atoms with Crippen LogP contribution in [0.4, 0.5) is 0 Å². The highest BCUT2D eigenvalue weighted by molar-refractivity contribution is 14.1. The van der Waals surface area contributed by atoms with Crippen LogP contribution in [0.5, 0.6) is 23.0 Å². The Hall–Kier alpha value is -4.62. The molecule has 4 aromatic carbocycles. The zero-order chi connectivity index (χ0) is 34.5. The summed E-state index contributed by atoms with van der Waals surface area (Å²) in [7, 11) is 1.31. The maximum absolute atomic E-state index is 14.1. The molecule has 0 amide bonds. The topological polar surface area (TPSA) is 97.6 Å². The molecule has 5 aromatic rings. The smallest absolute Gasteiger partial charge is 0.337 e. The van der Waals surface area contributed by atoms with Crippen molar-refractivity contribution in [2.75, 3.05) is 26.9 Å². The number of carbonyl (C=O) groups excluding carboxylic acids is 1. The second-order valence-electron chi connectivity index (χ2n) is 11.0. The van der Waals surface area contributed by atoms with Crippen LogP contribution in [0.15, 0.2) is 94.4 Å². The Kier molecular flexibility index (Phi) is 10.7. The molecule has 0 spiro atoms. The van der Waals surface area contributed by atoms with Crippen molar-refractivity contribution in [2.45, 2.75) is 33.4 Å². The van der Waals surface area contributed by atoms with Gasteiger partial charge in [-0.25, -0.2) is 9.79 Å². The minimum absolute atomic E-state index is 0.231. The van der Waals surface area contributed by atoms with E-state index in [9.17, 15) is 9.59 Å². The van der Waals surface area contributed by atoms with E-state index < -0.39 is 12.0 Å². The fourth-order valence-electron chi connectivity index (χ4n) is 5.70. The number of carbonyl (C=O) groups is 1. The Bertz CT molecular complexity index is 2240. The third kappa shape index (κ3) is 7.23. The first kappa shape index (κ1) is 34.3. The van der Waals surface area contributed by atoms with Gasteiger partial charge in [0.15, 0.2) is 27.8 Å². The molecule has 1 aliphatic rings. The predicted octanol–water partition coefficient (Wildman–Crippen LogP) is 6.55. The standard InChI is InChI=1S/C38H35IN2O7S/c1-5-45-30-15-14-27(20-31(30)46-6-2)34-28(37(43)44-4)21-40-38-41(34)36(42)33(49-38)19-24-17-29(39)35(32(18-24)47-7-3)48-22-23-12-13-25-10-8-9-11-26(25)16-23/h8-21,34H,5-7,22H2,1-4H3/b33-19-/t34-/m1/s1. The lowest BCUT2D eigenvalue weighted by Gasteiger charge is -2.23. The second kappa shape index (κ2) is 15.3.